The standard InChI is InChI=1S/C12H16O4/c1-16-10-7-5-9(6-8-10)3-2-4-11(13)12(14)15/h5-8,11,13H,2-4H2,1H3,(H,14,15)/t11-/m0/s1. The van der Waals surface area contributed by atoms with E-state index in [0.717, 1.165) is 17.7 Å². The number of rotatable bonds is 6. The van der Waals surface area contributed by atoms with Gasteiger partial charge in [-0.3, -0.25) is 0 Å². The minimum absolute atomic E-state index is 0.279. The second-order valence-corrected chi connectivity index (χ2v) is 3.59. The normalized spacial score (nSPS) is 12.1. The van der Waals surface area contributed by atoms with Gasteiger partial charge in [-0.05, 0) is 37.0 Å². The number of carbonyl (C=O) groups is 1. The molecule has 0 aromatic heterocycles. The highest BCUT2D eigenvalue weighted by Crippen LogP contribution is 2.13. The lowest BCUT2D eigenvalue weighted by molar-refractivity contribution is -0.146. The van der Waals surface area contributed by atoms with Gasteiger partial charge in [0.1, 0.15) is 5.75 Å². The summed E-state index contributed by atoms with van der Waals surface area (Å²) in [6.07, 6.45) is 0.438. The Morgan fingerprint density at radius 1 is 1.38 bits per heavy atom. The van der Waals surface area contributed by atoms with Crippen LogP contribution in [0.1, 0.15) is 18.4 Å². The molecule has 0 radical (unpaired) electrons. The number of hydrogen-bond donors (Lipinski definition) is 2. The van der Waals surface area contributed by atoms with Crippen LogP contribution in [0.2, 0.25) is 0 Å². The Hall–Kier alpha value is -1.55. The van der Waals surface area contributed by atoms with Crippen molar-refractivity contribution in [2.45, 2.75) is 25.4 Å². The number of aliphatic carboxylic acids is 1. The van der Waals surface area contributed by atoms with Gasteiger partial charge in [0.25, 0.3) is 0 Å². The molecule has 0 heterocycles. The summed E-state index contributed by atoms with van der Waals surface area (Å²) in [6.45, 7) is 0. The molecule has 0 fully saturated rings. The van der Waals surface area contributed by atoms with Crippen molar-refractivity contribution in [3.05, 3.63) is 29.8 Å². The van der Waals surface area contributed by atoms with E-state index >= 15 is 0 Å². The number of aliphatic hydroxyl groups is 1. The third kappa shape index (κ3) is 3.90. The zero-order valence-corrected chi connectivity index (χ0v) is 9.22. The van der Waals surface area contributed by atoms with Crippen LogP contribution in [0.3, 0.4) is 0 Å². The number of aryl methyl sites for hydroxylation is 1. The van der Waals surface area contributed by atoms with Crippen LogP contribution >= 0.6 is 0 Å². The molecule has 88 valence electrons. The number of aliphatic hydroxyl groups excluding tert-OH is 1. The largest absolute Gasteiger partial charge is 0.497 e. The van der Waals surface area contributed by atoms with Gasteiger partial charge in [0, 0.05) is 0 Å². The van der Waals surface area contributed by atoms with Crippen molar-refractivity contribution in [1.82, 2.24) is 0 Å². The number of carboxylic acid groups (broad SMARTS) is 1. The fourth-order valence-electron chi connectivity index (χ4n) is 1.42. The van der Waals surface area contributed by atoms with Crippen LogP contribution in [0.25, 0.3) is 0 Å². The number of ether oxygens (including phenoxy) is 1. The Bertz CT molecular complexity index is 331. The van der Waals surface area contributed by atoms with Crippen molar-refractivity contribution in [2.24, 2.45) is 0 Å². The Kier molecular flexibility index (Phi) is 4.79. The highest BCUT2D eigenvalue weighted by Gasteiger charge is 2.11. The van der Waals surface area contributed by atoms with E-state index in [-0.39, 0.29) is 6.42 Å². The molecule has 1 aromatic carbocycles. The first-order chi connectivity index (χ1) is 7.63. The summed E-state index contributed by atoms with van der Waals surface area (Å²) in [5.41, 5.74) is 1.11. The Labute approximate surface area is 94.5 Å². The average molecular weight is 224 g/mol. The van der Waals surface area contributed by atoms with Crippen LogP contribution in [-0.2, 0) is 11.2 Å². The van der Waals surface area contributed by atoms with E-state index in [0.29, 0.717) is 6.42 Å². The molecule has 16 heavy (non-hydrogen) atoms. The molecule has 1 atom stereocenters. The molecule has 0 aliphatic carbocycles. The molecule has 1 aromatic rings. The van der Waals surface area contributed by atoms with Crippen LogP contribution in [0.15, 0.2) is 24.3 Å². The summed E-state index contributed by atoms with van der Waals surface area (Å²) in [5, 5.41) is 17.5. The number of hydrogen-bond acceptors (Lipinski definition) is 3. The molecule has 0 spiro atoms. The van der Waals surface area contributed by atoms with E-state index in [9.17, 15) is 4.79 Å². The maximum absolute atomic E-state index is 10.4. The Morgan fingerprint density at radius 2 is 2.00 bits per heavy atom. The molecule has 2 N–H and O–H groups in total. The lowest BCUT2D eigenvalue weighted by Gasteiger charge is -2.05. The fourth-order valence-corrected chi connectivity index (χ4v) is 1.42. The van der Waals surface area contributed by atoms with Gasteiger partial charge in [0.2, 0.25) is 0 Å². The van der Waals surface area contributed by atoms with Crippen molar-refractivity contribution in [2.75, 3.05) is 7.11 Å². The molecule has 0 unspecified atom stereocenters. The molecular formula is C12H16O4. The molecule has 4 heteroatoms. The van der Waals surface area contributed by atoms with E-state index in [4.69, 9.17) is 14.9 Å². The minimum atomic E-state index is -1.25. The zero-order valence-electron chi connectivity index (χ0n) is 9.22. The second kappa shape index (κ2) is 6.12. The molecular weight excluding hydrogens is 208 g/mol. The van der Waals surface area contributed by atoms with E-state index in [1.807, 2.05) is 24.3 Å². The predicted molar refractivity (Wildman–Crippen MR) is 59.6 cm³/mol. The van der Waals surface area contributed by atoms with Gasteiger partial charge >= 0.3 is 5.97 Å². The molecule has 4 nitrogen and oxygen atoms in total. The van der Waals surface area contributed by atoms with E-state index in [2.05, 4.69) is 0 Å². The van der Waals surface area contributed by atoms with Gasteiger partial charge in [0.05, 0.1) is 7.11 Å². The van der Waals surface area contributed by atoms with Crippen LogP contribution in [0, 0.1) is 0 Å². The zero-order chi connectivity index (χ0) is 12.0. The quantitative estimate of drug-likeness (QED) is 0.767. The summed E-state index contributed by atoms with van der Waals surface area (Å²) in [5.74, 6) is -0.357. The van der Waals surface area contributed by atoms with Gasteiger partial charge in [-0.15, -0.1) is 0 Å². The Balaban J connectivity index is 2.34. The summed E-state index contributed by atoms with van der Waals surface area (Å²) in [6, 6.07) is 7.60. The van der Waals surface area contributed by atoms with Crippen molar-refractivity contribution in [3.8, 4) is 5.75 Å². The smallest absolute Gasteiger partial charge is 0.332 e. The highest BCUT2D eigenvalue weighted by molar-refractivity contribution is 5.71. The summed E-state index contributed by atoms with van der Waals surface area (Å²) >= 11 is 0. The van der Waals surface area contributed by atoms with Crippen LogP contribution in [0.5, 0.6) is 5.75 Å². The monoisotopic (exact) mass is 224 g/mol. The van der Waals surface area contributed by atoms with Crippen molar-refractivity contribution in [3.63, 3.8) is 0 Å². The van der Waals surface area contributed by atoms with Crippen molar-refractivity contribution >= 4 is 5.97 Å². The van der Waals surface area contributed by atoms with Crippen LogP contribution in [-0.4, -0.2) is 29.4 Å². The molecule has 0 aliphatic heterocycles. The maximum atomic E-state index is 10.4. The SMILES string of the molecule is COc1ccc(CCC[C@H](O)C(=O)O)cc1. The third-order valence-electron chi connectivity index (χ3n) is 2.39. The van der Waals surface area contributed by atoms with Crippen LogP contribution in [0.4, 0.5) is 0 Å². The van der Waals surface area contributed by atoms with Crippen molar-refractivity contribution < 1.29 is 19.7 Å². The molecule has 0 saturated carbocycles. The molecule has 0 saturated heterocycles. The van der Waals surface area contributed by atoms with Gasteiger partial charge in [0.15, 0.2) is 6.10 Å². The second-order valence-electron chi connectivity index (χ2n) is 3.59. The first-order valence-electron chi connectivity index (χ1n) is 5.17. The minimum Gasteiger partial charge on any atom is -0.497 e. The average Bonchev–Trinajstić information content (AvgIpc) is 2.29. The lowest BCUT2D eigenvalue weighted by atomic mass is 10.1. The summed E-state index contributed by atoms with van der Waals surface area (Å²) in [7, 11) is 1.61. The highest BCUT2D eigenvalue weighted by atomic mass is 16.5. The Morgan fingerprint density at radius 3 is 2.50 bits per heavy atom. The van der Waals surface area contributed by atoms with Gasteiger partial charge < -0.3 is 14.9 Å². The van der Waals surface area contributed by atoms with Crippen LogP contribution < -0.4 is 4.74 Å². The maximum Gasteiger partial charge on any atom is 0.332 e. The topological polar surface area (TPSA) is 66.8 Å². The molecule has 0 bridgehead atoms. The fraction of sp³-hybridized carbons (Fsp3) is 0.417. The molecule has 0 aliphatic rings. The number of methoxy groups -OCH3 is 1. The third-order valence-corrected chi connectivity index (χ3v) is 2.39. The molecule has 0 amide bonds. The van der Waals surface area contributed by atoms with E-state index < -0.39 is 12.1 Å². The lowest BCUT2D eigenvalue weighted by Crippen LogP contribution is -2.19. The summed E-state index contributed by atoms with van der Waals surface area (Å²) in [4.78, 5) is 10.4. The van der Waals surface area contributed by atoms with Gasteiger partial charge in [-0.1, -0.05) is 12.1 Å². The summed E-state index contributed by atoms with van der Waals surface area (Å²) < 4.78 is 5.03. The van der Waals surface area contributed by atoms with Gasteiger partial charge in [-0.25, -0.2) is 4.79 Å². The van der Waals surface area contributed by atoms with E-state index in [1.54, 1.807) is 7.11 Å². The van der Waals surface area contributed by atoms with Crippen molar-refractivity contribution in [1.29, 1.82) is 0 Å². The van der Waals surface area contributed by atoms with Gasteiger partial charge in [-0.2, -0.15) is 0 Å². The number of benzene rings is 1. The molecule has 1 rings (SSSR count). The first-order valence-corrected chi connectivity index (χ1v) is 5.17. The predicted octanol–water partition coefficient (Wildman–Crippen LogP) is 1.46. The first kappa shape index (κ1) is 12.5. The number of carboxylic acids is 1. The van der Waals surface area contributed by atoms with E-state index in [1.165, 1.54) is 0 Å².